The predicted molar refractivity (Wildman–Crippen MR) is 70.9 cm³/mol. The summed E-state index contributed by atoms with van der Waals surface area (Å²) in [6.45, 7) is 6.59. The fraction of sp³-hybridized carbons (Fsp3) is 0.571. The first-order valence-electron chi connectivity index (χ1n) is 6.58. The third kappa shape index (κ3) is 3.80. The van der Waals surface area contributed by atoms with Gasteiger partial charge in [0, 0.05) is 25.3 Å². The van der Waals surface area contributed by atoms with E-state index in [4.69, 9.17) is 5.26 Å². The van der Waals surface area contributed by atoms with Gasteiger partial charge in [-0.25, -0.2) is 4.98 Å². The minimum absolute atomic E-state index is 0.474. The van der Waals surface area contributed by atoms with Crippen molar-refractivity contribution in [1.29, 1.82) is 5.26 Å². The molecule has 2 rings (SSSR count). The molecule has 4 nitrogen and oxygen atoms in total. The van der Waals surface area contributed by atoms with E-state index in [0.717, 1.165) is 18.7 Å². The van der Waals surface area contributed by atoms with E-state index in [-0.39, 0.29) is 0 Å². The van der Waals surface area contributed by atoms with Gasteiger partial charge in [-0.15, -0.1) is 0 Å². The standard InChI is InChI=1S/C14H20N4/c1-12(11-18-6-2-3-7-18)17-10-13-4-5-16-14(8-13)9-15/h4-5,8,12,17H,2-3,6-7,10-11H2,1H3. The van der Waals surface area contributed by atoms with E-state index in [1.54, 1.807) is 6.20 Å². The summed E-state index contributed by atoms with van der Waals surface area (Å²) >= 11 is 0. The van der Waals surface area contributed by atoms with E-state index < -0.39 is 0 Å². The van der Waals surface area contributed by atoms with Crippen molar-refractivity contribution in [3.8, 4) is 6.07 Å². The van der Waals surface area contributed by atoms with Gasteiger partial charge in [0.25, 0.3) is 0 Å². The van der Waals surface area contributed by atoms with Gasteiger partial charge >= 0.3 is 0 Å². The number of likely N-dealkylation sites (tertiary alicyclic amines) is 1. The SMILES string of the molecule is CC(CN1CCCC1)NCc1ccnc(C#N)c1. The van der Waals surface area contributed by atoms with Crippen LogP contribution in [0.25, 0.3) is 0 Å². The third-order valence-electron chi connectivity index (χ3n) is 3.32. The number of rotatable bonds is 5. The largest absolute Gasteiger partial charge is 0.309 e. The number of hydrogen-bond acceptors (Lipinski definition) is 4. The summed E-state index contributed by atoms with van der Waals surface area (Å²) in [4.78, 5) is 6.48. The van der Waals surface area contributed by atoms with Crippen molar-refractivity contribution < 1.29 is 0 Å². The van der Waals surface area contributed by atoms with Gasteiger partial charge in [0.05, 0.1) is 0 Å². The molecule has 0 bridgehead atoms. The van der Waals surface area contributed by atoms with Crippen molar-refractivity contribution in [2.75, 3.05) is 19.6 Å². The Labute approximate surface area is 109 Å². The Kier molecular flexibility index (Phi) is 4.68. The van der Waals surface area contributed by atoms with Crippen LogP contribution in [0.15, 0.2) is 18.3 Å². The maximum atomic E-state index is 8.79. The number of aromatic nitrogens is 1. The van der Waals surface area contributed by atoms with Crippen molar-refractivity contribution in [2.24, 2.45) is 0 Å². The average molecular weight is 244 g/mol. The molecule has 1 aliphatic rings. The molecule has 4 heteroatoms. The summed E-state index contributed by atoms with van der Waals surface area (Å²) in [7, 11) is 0. The van der Waals surface area contributed by atoms with Gasteiger partial charge in [-0.1, -0.05) is 0 Å². The lowest BCUT2D eigenvalue weighted by atomic mass is 10.2. The second-order valence-electron chi connectivity index (χ2n) is 4.95. The zero-order valence-electron chi connectivity index (χ0n) is 10.9. The van der Waals surface area contributed by atoms with Gasteiger partial charge in [0.1, 0.15) is 11.8 Å². The molecule has 1 aromatic rings. The molecular formula is C14H20N4. The van der Waals surface area contributed by atoms with Crippen LogP contribution in [0.1, 0.15) is 31.0 Å². The molecule has 18 heavy (non-hydrogen) atoms. The quantitative estimate of drug-likeness (QED) is 0.853. The van der Waals surface area contributed by atoms with Crippen molar-refractivity contribution in [2.45, 2.75) is 32.4 Å². The lowest BCUT2D eigenvalue weighted by Crippen LogP contribution is -2.37. The first-order chi connectivity index (χ1) is 8.78. The summed E-state index contributed by atoms with van der Waals surface area (Å²) in [5, 5.41) is 12.3. The number of nitriles is 1. The van der Waals surface area contributed by atoms with Crippen LogP contribution in [-0.4, -0.2) is 35.6 Å². The number of nitrogens with one attached hydrogen (secondary N) is 1. The molecule has 1 aliphatic heterocycles. The lowest BCUT2D eigenvalue weighted by Gasteiger charge is -2.21. The molecule has 0 aliphatic carbocycles. The van der Waals surface area contributed by atoms with Gasteiger partial charge in [0.2, 0.25) is 0 Å². The molecule has 1 saturated heterocycles. The summed E-state index contributed by atoms with van der Waals surface area (Å²) < 4.78 is 0. The minimum atomic E-state index is 0.474. The molecule has 1 unspecified atom stereocenters. The molecule has 0 amide bonds. The molecule has 1 N–H and O–H groups in total. The maximum Gasteiger partial charge on any atom is 0.140 e. The molecule has 0 aromatic carbocycles. The van der Waals surface area contributed by atoms with Crippen molar-refractivity contribution in [3.05, 3.63) is 29.6 Å². The van der Waals surface area contributed by atoms with Crippen LogP contribution in [0.5, 0.6) is 0 Å². The first-order valence-corrected chi connectivity index (χ1v) is 6.58. The van der Waals surface area contributed by atoms with Crippen LogP contribution in [0.2, 0.25) is 0 Å². The summed E-state index contributed by atoms with van der Waals surface area (Å²) in [5.74, 6) is 0. The van der Waals surface area contributed by atoms with Gasteiger partial charge in [-0.05, 0) is 50.6 Å². The molecule has 96 valence electrons. The number of pyridine rings is 1. The molecule has 2 heterocycles. The Bertz CT molecular complexity index is 418. The third-order valence-corrected chi connectivity index (χ3v) is 3.32. The first kappa shape index (κ1) is 13.0. The molecule has 1 aromatic heterocycles. The van der Waals surface area contributed by atoms with E-state index in [0.29, 0.717) is 11.7 Å². The molecule has 1 atom stereocenters. The molecule has 0 saturated carbocycles. The Morgan fingerprint density at radius 3 is 3.00 bits per heavy atom. The second-order valence-corrected chi connectivity index (χ2v) is 4.95. The Hall–Kier alpha value is -1.44. The van der Waals surface area contributed by atoms with Crippen molar-refractivity contribution in [3.63, 3.8) is 0 Å². The van der Waals surface area contributed by atoms with E-state index >= 15 is 0 Å². The zero-order valence-corrected chi connectivity index (χ0v) is 10.9. The van der Waals surface area contributed by atoms with E-state index in [1.807, 2.05) is 12.1 Å². The molecular weight excluding hydrogens is 224 g/mol. The van der Waals surface area contributed by atoms with Crippen molar-refractivity contribution in [1.82, 2.24) is 15.2 Å². The van der Waals surface area contributed by atoms with Crippen molar-refractivity contribution >= 4 is 0 Å². The van der Waals surface area contributed by atoms with E-state index in [2.05, 4.69) is 28.2 Å². The smallest absolute Gasteiger partial charge is 0.140 e. The minimum Gasteiger partial charge on any atom is -0.309 e. The average Bonchev–Trinajstić information content (AvgIpc) is 2.89. The van der Waals surface area contributed by atoms with Crippen LogP contribution < -0.4 is 5.32 Å². The number of hydrogen-bond donors (Lipinski definition) is 1. The van der Waals surface area contributed by atoms with Crippen LogP contribution in [-0.2, 0) is 6.54 Å². The topological polar surface area (TPSA) is 52.0 Å². The predicted octanol–water partition coefficient (Wildman–Crippen LogP) is 1.53. The molecule has 0 radical (unpaired) electrons. The lowest BCUT2D eigenvalue weighted by molar-refractivity contribution is 0.298. The van der Waals surface area contributed by atoms with E-state index in [1.165, 1.54) is 25.9 Å². The summed E-state index contributed by atoms with van der Waals surface area (Å²) in [6, 6.07) is 6.34. The molecule has 0 spiro atoms. The normalized spacial score (nSPS) is 17.6. The molecule has 1 fully saturated rings. The van der Waals surface area contributed by atoms with Crippen LogP contribution in [0.4, 0.5) is 0 Å². The Balaban J connectivity index is 1.77. The summed E-state index contributed by atoms with van der Waals surface area (Å²) in [6.07, 6.45) is 4.37. The zero-order chi connectivity index (χ0) is 12.8. The van der Waals surface area contributed by atoms with E-state index in [9.17, 15) is 0 Å². The van der Waals surface area contributed by atoms with Gasteiger partial charge < -0.3 is 10.2 Å². The number of nitrogens with zero attached hydrogens (tertiary/aromatic N) is 3. The maximum absolute atomic E-state index is 8.79. The fourth-order valence-electron chi connectivity index (χ4n) is 2.35. The highest BCUT2D eigenvalue weighted by molar-refractivity contribution is 5.25. The van der Waals surface area contributed by atoms with Crippen LogP contribution in [0, 0.1) is 11.3 Å². The van der Waals surface area contributed by atoms with Gasteiger partial charge in [-0.3, -0.25) is 0 Å². The fourth-order valence-corrected chi connectivity index (χ4v) is 2.35. The van der Waals surface area contributed by atoms with Gasteiger partial charge in [-0.2, -0.15) is 5.26 Å². The highest BCUT2D eigenvalue weighted by Gasteiger charge is 2.14. The highest BCUT2D eigenvalue weighted by Crippen LogP contribution is 2.08. The monoisotopic (exact) mass is 244 g/mol. The van der Waals surface area contributed by atoms with Crippen LogP contribution in [0.3, 0.4) is 0 Å². The van der Waals surface area contributed by atoms with Crippen LogP contribution >= 0.6 is 0 Å². The Morgan fingerprint density at radius 1 is 1.50 bits per heavy atom. The Morgan fingerprint density at radius 2 is 2.28 bits per heavy atom. The second kappa shape index (κ2) is 6.48. The summed E-state index contributed by atoms with van der Waals surface area (Å²) in [5.41, 5.74) is 1.61. The highest BCUT2D eigenvalue weighted by atomic mass is 15.2. The van der Waals surface area contributed by atoms with Gasteiger partial charge in [0.15, 0.2) is 0 Å².